The third-order valence-corrected chi connectivity index (χ3v) is 6.81. The SMILES string of the molecule is COCCOCOc1ccc(N2CCc3cc(-c4ncc(C(F)(F)F)cc4Cl)ccc3C2=O)cc1NS(C)(=O)=O. The first-order valence-corrected chi connectivity index (χ1v) is 14.1. The average Bonchev–Trinajstić information content (AvgIpc) is 2.88. The van der Waals surface area contributed by atoms with E-state index in [1.54, 1.807) is 24.3 Å². The lowest BCUT2D eigenvalue weighted by Crippen LogP contribution is -2.37. The van der Waals surface area contributed by atoms with Crippen molar-refractivity contribution in [3.8, 4) is 17.0 Å². The summed E-state index contributed by atoms with van der Waals surface area (Å²) in [6.07, 6.45) is -2.43. The number of fused-ring (bicyclic) bond motifs is 1. The Morgan fingerprint density at radius 1 is 1.12 bits per heavy atom. The minimum absolute atomic E-state index is 0.132. The summed E-state index contributed by atoms with van der Waals surface area (Å²) < 4.78 is 81.0. The molecule has 4 rings (SSSR count). The molecule has 3 aromatic rings. The number of carbonyl (C=O) groups excluding carboxylic acids is 1. The molecule has 0 aliphatic carbocycles. The number of hydrogen-bond acceptors (Lipinski definition) is 7. The van der Waals surface area contributed by atoms with E-state index in [4.69, 9.17) is 25.8 Å². The molecule has 14 heteroatoms. The van der Waals surface area contributed by atoms with Crippen molar-refractivity contribution in [1.29, 1.82) is 0 Å². The first kappa shape index (κ1) is 29.6. The van der Waals surface area contributed by atoms with Gasteiger partial charge in [0.1, 0.15) is 5.75 Å². The number of nitrogens with one attached hydrogen (secondary N) is 1. The second-order valence-electron chi connectivity index (χ2n) is 8.85. The first-order valence-electron chi connectivity index (χ1n) is 11.9. The van der Waals surface area contributed by atoms with Gasteiger partial charge in [0.05, 0.1) is 41.4 Å². The van der Waals surface area contributed by atoms with Crippen molar-refractivity contribution in [3.63, 3.8) is 0 Å². The minimum atomic E-state index is -4.57. The summed E-state index contributed by atoms with van der Waals surface area (Å²) in [6.45, 7) is 0.776. The van der Waals surface area contributed by atoms with Crippen molar-refractivity contribution in [2.24, 2.45) is 0 Å². The Bertz CT molecular complexity index is 1520. The third kappa shape index (κ3) is 7.02. The summed E-state index contributed by atoms with van der Waals surface area (Å²) in [5, 5.41) is -0.157. The van der Waals surface area contributed by atoms with Crippen LogP contribution in [0.3, 0.4) is 0 Å². The average molecular weight is 600 g/mol. The van der Waals surface area contributed by atoms with Crippen molar-refractivity contribution in [1.82, 2.24) is 4.98 Å². The van der Waals surface area contributed by atoms with Crippen molar-refractivity contribution >= 4 is 38.9 Å². The maximum Gasteiger partial charge on any atom is 0.417 e. The number of hydrogen-bond donors (Lipinski definition) is 1. The van der Waals surface area contributed by atoms with E-state index < -0.39 is 21.8 Å². The molecular formula is C26H25ClF3N3O6S. The number of carbonyl (C=O) groups is 1. The zero-order valence-corrected chi connectivity index (χ0v) is 23.0. The largest absolute Gasteiger partial charge is 0.465 e. The van der Waals surface area contributed by atoms with Gasteiger partial charge in [-0.1, -0.05) is 17.7 Å². The van der Waals surface area contributed by atoms with Crippen LogP contribution in [0.5, 0.6) is 5.75 Å². The molecule has 40 heavy (non-hydrogen) atoms. The van der Waals surface area contributed by atoms with Gasteiger partial charge in [-0.05, 0) is 48.4 Å². The second kappa shape index (κ2) is 12.0. The molecule has 9 nitrogen and oxygen atoms in total. The van der Waals surface area contributed by atoms with Gasteiger partial charge in [-0.25, -0.2) is 8.42 Å². The van der Waals surface area contributed by atoms with Crippen molar-refractivity contribution in [2.75, 3.05) is 49.5 Å². The molecular weight excluding hydrogens is 575 g/mol. The fourth-order valence-electron chi connectivity index (χ4n) is 4.08. The molecule has 214 valence electrons. The maximum absolute atomic E-state index is 13.4. The maximum atomic E-state index is 13.4. The highest BCUT2D eigenvalue weighted by atomic mass is 35.5. The van der Waals surface area contributed by atoms with Crippen LogP contribution in [0.4, 0.5) is 24.5 Å². The molecule has 2 heterocycles. The van der Waals surface area contributed by atoms with Gasteiger partial charge in [0.15, 0.2) is 6.79 Å². The summed E-state index contributed by atoms with van der Waals surface area (Å²) in [4.78, 5) is 18.8. The van der Waals surface area contributed by atoms with Crippen molar-refractivity contribution in [2.45, 2.75) is 12.6 Å². The van der Waals surface area contributed by atoms with Gasteiger partial charge in [-0.2, -0.15) is 13.2 Å². The van der Waals surface area contributed by atoms with Crippen molar-refractivity contribution in [3.05, 3.63) is 70.4 Å². The normalized spacial score (nSPS) is 13.8. The summed E-state index contributed by atoms with van der Waals surface area (Å²) in [7, 11) is -2.14. The Balaban J connectivity index is 1.57. The Morgan fingerprint density at radius 3 is 2.58 bits per heavy atom. The molecule has 0 atom stereocenters. The smallest absolute Gasteiger partial charge is 0.417 e. The Labute approximate surface area is 233 Å². The summed E-state index contributed by atoms with van der Waals surface area (Å²) >= 11 is 6.10. The number of aromatic nitrogens is 1. The van der Waals surface area contributed by atoms with Gasteiger partial charge < -0.3 is 19.1 Å². The first-order chi connectivity index (χ1) is 18.9. The molecule has 1 aliphatic rings. The molecule has 0 unspecified atom stereocenters. The lowest BCUT2D eigenvalue weighted by molar-refractivity contribution is -0.137. The molecule has 0 saturated carbocycles. The van der Waals surface area contributed by atoms with Gasteiger partial charge >= 0.3 is 6.18 Å². The number of anilines is 2. The van der Waals surface area contributed by atoms with E-state index >= 15 is 0 Å². The number of pyridine rings is 1. The zero-order valence-electron chi connectivity index (χ0n) is 21.4. The van der Waals surface area contributed by atoms with E-state index in [1.165, 1.54) is 24.1 Å². The third-order valence-electron chi connectivity index (χ3n) is 5.93. The number of amides is 1. The standard InChI is InChI=1S/C26H25ClF3N3O6S/c1-37-9-10-38-15-39-23-6-4-19(13-22(23)32-40(2,35)36)33-8-7-16-11-17(3-5-20(16)25(33)34)24-21(27)12-18(14-31-24)26(28,29)30/h3-6,11-14,32H,7-10,15H2,1-2H3. The van der Waals surface area contributed by atoms with Crippen LogP contribution in [-0.2, 0) is 32.1 Å². The number of sulfonamides is 1. The summed E-state index contributed by atoms with van der Waals surface area (Å²) in [5.41, 5.74) is 1.34. The monoisotopic (exact) mass is 599 g/mol. The number of halogens is 4. The Hall–Kier alpha value is -3.39. The van der Waals surface area contributed by atoms with Crippen molar-refractivity contribution < 1.29 is 40.6 Å². The van der Waals surface area contributed by atoms with Gasteiger partial charge in [0, 0.05) is 36.7 Å². The van der Waals surface area contributed by atoms with Crippen LogP contribution >= 0.6 is 11.6 Å². The zero-order chi connectivity index (χ0) is 29.1. The van der Waals surface area contributed by atoms with Crippen LogP contribution in [0, 0.1) is 0 Å². The predicted molar refractivity (Wildman–Crippen MR) is 143 cm³/mol. The highest BCUT2D eigenvalue weighted by molar-refractivity contribution is 7.92. The number of ether oxygens (including phenoxy) is 3. The van der Waals surface area contributed by atoms with E-state index in [0.29, 0.717) is 35.4 Å². The molecule has 2 aromatic carbocycles. The number of methoxy groups -OCH3 is 1. The van der Waals surface area contributed by atoms with E-state index in [0.717, 1.165) is 18.5 Å². The quantitative estimate of drug-likeness (QED) is 0.258. The number of benzene rings is 2. The highest BCUT2D eigenvalue weighted by Crippen LogP contribution is 2.36. The Kier molecular flexibility index (Phi) is 8.88. The van der Waals surface area contributed by atoms with E-state index in [2.05, 4.69) is 9.71 Å². The molecule has 1 aromatic heterocycles. The molecule has 0 bridgehead atoms. The van der Waals surface area contributed by atoms with Crippen LogP contribution < -0.4 is 14.4 Å². The molecule has 0 radical (unpaired) electrons. The van der Waals surface area contributed by atoms with E-state index in [1.807, 2.05) is 0 Å². The number of alkyl halides is 3. The van der Waals surface area contributed by atoms with Gasteiger partial charge in [0.25, 0.3) is 5.91 Å². The summed E-state index contributed by atoms with van der Waals surface area (Å²) in [6, 6.07) is 10.3. The fourth-order valence-corrected chi connectivity index (χ4v) is 4.92. The fraction of sp³-hybridized carbons (Fsp3) is 0.308. The van der Waals surface area contributed by atoms with E-state index in [9.17, 15) is 26.4 Å². The number of nitrogens with zero attached hydrogens (tertiary/aromatic N) is 2. The molecule has 0 saturated heterocycles. The van der Waals surface area contributed by atoms with Crippen LogP contribution in [0.1, 0.15) is 21.5 Å². The van der Waals surface area contributed by atoms with Gasteiger partial charge in [-0.3, -0.25) is 14.5 Å². The highest BCUT2D eigenvalue weighted by Gasteiger charge is 2.32. The predicted octanol–water partition coefficient (Wildman–Crippen LogP) is 4.99. The number of rotatable bonds is 10. The van der Waals surface area contributed by atoms with Crippen LogP contribution in [0.2, 0.25) is 5.02 Å². The molecule has 1 N–H and O–H groups in total. The minimum Gasteiger partial charge on any atom is -0.465 e. The molecule has 1 amide bonds. The van der Waals surface area contributed by atoms with E-state index in [-0.39, 0.29) is 48.0 Å². The Morgan fingerprint density at radius 2 is 1.90 bits per heavy atom. The van der Waals surface area contributed by atoms with Crippen LogP contribution in [0.15, 0.2) is 48.7 Å². The van der Waals surface area contributed by atoms with Gasteiger partial charge in [0.2, 0.25) is 10.0 Å². The lowest BCUT2D eigenvalue weighted by Gasteiger charge is -2.29. The van der Waals surface area contributed by atoms with Crippen LogP contribution in [0.25, 0.3) is 11.3 Å². The van der Waals surface area contributed by atoms with Gasteiger partial charge in [-0.15, -0.1) is 0 Å². The topological polar surface area (TPSA) is 107 Å². The summed E-state index contributed by atoms with van der Waals surface area (Å²) in [5.74, 6) is -0.122. The second-order valence-corrected chi connectivity index (χ2v) is 11.0. The molecule has 1 aliphatic heterocycles. The molecule has 0 spiro atoms. The molecule has 0 fully saturated rings. The lowest BCUT2D eigenvalue weighted by atomic mass is 9.95. The van der Waals surface area contributed by atoms with Crippen LogP contribution in [-0.4, -0.2) is 59.2 Å².